The summed E-state index contributed by atoms with van der Waals surface area (Å²) in [4.78, 5) is 54.3. The summed E-state index contributed by atoms with van der Waals surface area (Å²) < 4.78 is 8.55. The average Bonchev–Trinajstić information content (AvgIpc) is 3.19. The van der Waals surface area contributed by atoms with Gasteiger partial charge in [0, 0.05) is 52.2 Å². The first-order valence-electron chi connectivity index (χ1n) is 15.9. The van der Waals surface area contributed by atoms with Crippen molar-refractivity contribution in [1.29, 1.82) is 0 Å². The number of carbonyl (C=O) groups is 3. The van der Waals surface area contributed by atoms with Crippen molar-refractivity contribution in [3.05, 3.63) is 34.2 Å². The molecule has 0 bridgehead atoms. The Morgan fingerprint density at radius 2 is 1.67 bits per heavy atom. The molecule has 1 atom stereocenters. The van der Waals surface area contributed by atoms with Crippen molar-refractivity contribution in [2.24, 2.45) is 13.0 Å². The molecule has 3 amide bonds. The number of hydrogen-bond acceptors (Lipinski definition) is 7. The van der Waals surface area contributed by atoms with E-state index in [1.54, 1.807) is 11.6 Å². The maximum absolute atomic E-state index is 13.0. The van der Waals surface area contributed by atoms with Crippen LogP contribution in [-0.2, 0) is 27.8 Å². The largest absolute Gasteiger partial charge is 0.444 e. The highest BCUT2D eigenvalue weighted by Crippen LogP contribution is 2.27. The number of imidazole rings is 1. The number of alkyl carbamates (subject to hydrolysis) is 1. The average molecular weight is 597 g/mol. The van der Waals surface area contributed by atoms with Crippen LogP contribution in [0.1, 0.15) is 77.3 Å². The Morgan fingerprint density at radius 1 is 0.977 bits per heavy atom. The second kappa shape index (κ2) is 13.2. The van der Waals surface area contributed by atoms with E-state index in [2.05, 4.69) is 32.6 Å². The van der Waals surface area contributed by atoms with E-state index in [-0.39, 0.29) is 30.2 Å². The van der Waals surface area contributed by atoms with Crippen LogP contribution in [0.5, 0.6) is 0 Å². The molecule has 0 radical (unpaired) electrons. The Hall–Kier alpha value is -3.18. The van der Waals surface area contributed by atoms with Crippen molar-refractivity contribution in [3.8, 4) is 0 Å². The number of amides is 3. The second-order valence-electron chi connectivity index (χ2n) is 13.6. The molecule has 1 aromatic heterocycles. The lowest BCUT2D eigenvalue weighted by Gasteiger charge is -2.38. The third-order valence-corrected chi connectivity index (χ3v) is 9.16. The van der Waals surface area contributed by atoms with Gasteiger partial charge in [-0.2, -0.15) is 0 Å². The molecule has 11 heteroatoms. The number of aromatic nitrogens is 2. The van der Waals surface area contributed by atoms with E-state index in [9.17, 15) is 19.2 Å². The topological polar surface area (TPSA) is 118 Å². The quantitative estimate of drug-likeness (QED) is 0.450. The maximum atomic E-state index is 13.0. The lowest BCUT2D eigenvalue weighted by atomic mass is 9.85. The monoisotopic (exact) mass is 596 g/mol. The van der Waals surface area contributed by atoms with Gasteiger partial charge in [0.05, 0.1) is 11.0 Å². The third kappa shape index (κ3) is 7.86. The minimum atomic E-state index is -0.658. The number of rotatable bonds is 8. The summed E-state index contributed by atoms with van der Waals surface area (Å²) in [5.74, 6) is 0.000610. The first kappa shape index (κ1) is 31.3. The molecule has 0 spiro atoms. The van der Waals surface area contributed by atoms with Gasteiger partial charge in [0.1, 0.15) is 11.6 Å². The van der Waals surface area contributed by atoms with Crippen LogP contribution in [0, 0.1) is 5.92 Å². The summed E-state index contributed by atoms with van der Waals surface area (Å²) in [5.41, 5.74) is 2.03. The molecular weight excluding hydrogens is 548 g/mol. The van der Waals surface area contributed by atoms with Gasteiger partial charge in [0.15, 0.2) is 0 Å². The summed E-state index contributed by atoms with van der Waals surface area (Å²) in [7, 11) is 1.74. The Labute approximate surface area is 253 Å². The van der Waals surface area contributed by atoms with Crippen LogP contribution in [-0.4, -0.2) is 87.8 Å². The predicted octanol–water partition coefficient (Wildman–Crippen LogP) is 2.95. The Bertz CT molecular complexity index is 1380. The highest BCUT2D eigenvalue weighted by atomic mass is 16.6. The maximum Gasteiger partial charge on any atom is 0.407 e. The number of piperazine rings is 1. The molecule has 2 saturated heterocycles. The van der Waals surface area contributed by atoms with Crippen molar-refractivity contribution < 1.29 is 19.1 Å². The van der Waals surface area contributed by atoms with Crippen LogP contribution < -0.4 is 16.3 Å². The van der Waals surface area contributed by atoms with Gasteiger partial charge in [0.2, 0.25) is 11.8 Å². The number of benzene rings is 1. The number of carbonyl (C=O) groups excluding carboxylic acids is 3. The van der Waals surface area contributed by atoms with E-state index in [0.29, 0.717) is 12.3 Å². The summed E-state index contributed by atoms with van der Waals surface area (Å²) in [6.45, 7) is 12.2. The number of ether oxygens (including phenoxy) is 1. The molecule has 43 heavy (non-hydrogen) atoms. The van der Waals surface area contributed by atoms with E-state index < -0.39 is 17.6 Å². The number of piperidine rings is 1. The summed E-state index contributed by atoms with van der Waals surface area (Å²) in [5, 5.41) is 5.41. The molecule has 1 aliphatic carbocycles. The van der Waals surface area contributed by atoms with Gasteiger partial charge in [-0.3, -0.25) is 24.0 Å². The van der Waals surface area contributed by atoms with Gasteiger partial charge in [-0.1, -0.05) is 6.07 Å². The van der Waals surface area contributed by atoms with Gasteiger partial charge in [-0.15, -0.1) is 0 Å². The third-order valence-electron chi connectivity index (χ3n) is 9.16. The normalized spacial score (nSPS) is 24.2. The highest BCUT2D eigenvalue weighted by Gasteiger charge is 2.31. The van der Waals surface area contributed by atoms with Crippen molar-refractivity contribution in [1.82, 2.24) is 29.6 Å². The van der Waals surface area contributed by atoms with Crippen molar-refractivity contribution >= 4 is 28.9 Å². The highest BCUT2D eigenvalue weighted by molar-refractivity contribution is 6.00. The number of hydrogen-bond donors (Lipinski definition) is 2. The molecule has 5 rings (SSSR count). The van der Waals surface area contributed by atoms with Crippen LogP contribution in [0.3, 0.4) is 0 Å². The van der Waals surface area contributed by atoms with Gasteiger partial charge in [-0.25, -0.2) is 9.59 Å². The summed E-state index contributed by atoms with van der Waals surface area (Å²) >= 11 is 0. The molecule has 2 aliphatic heterocycles. The molecule has 1 unspecified atom stereocenters. The molecule has 11 nitrogen and oxygen atoms in total. The second-order valence-corrected chi connectivity index (χ2v) is 13.6. The van der Waals surface area contributed by atoms with Gasteiger partial charge in [0.25, 0.3) is 0 Å². The fourth-order valence-electron chi connectivity index (χ4n) is 6.83. The molecule has 1 saturated carbocycles. The molecule has 3 heterocycles. The van der Waals surface area contributed by atoms with Crippen molar-refractivity contribution in [2.45, 2.75) is 89.8 Å². The van der Waals surface area contributed by atoms with Crippen LogP contribution >= 0.6 is 0 Å². The molecule has 3 aliphatic rings. The summed E-state index contributed by atoms with van der Waals surface area (Å²) in [6, 6.07) is 5.62. The molecule has 2 N–H and O–H groups in total. The fourth-order valence-corrected chi connectivity index (χ4v) is 6.83. The standard InChI is InChI=1S/C32H48N6O5/c1-32(2,3)43-30(41)33-24-10-7-23(8-11-24)21-37-18-16-36(17-19-37)15-5-6-22-9-12-25-27(20-22)35(4)31(42)38(25)26-13-14-28(39)34-29(26)40/h9,12,20,23-24,26H,5-8,10-11,13-19,21H2,1-4H3,(H,33,41)(H,34,39,40). The molecular formula is C32H48N6O5. The number of imide groups is 1. The van der Waals surface area contributed by atoms with Crippen molar-refractivity contribution in [3.63, 3.8) is 0 Å². The molecule has 2 aromatic rings. The molecule has 1 aromatic carbocycles. The van der Waals surface area contributed by atoms with Crippen LogP contribution in [0.4, 0.5) is 4.79 Å². The minimum Gasteiger partial charge on any atom is -0.444 e. The van der Waals surface area contributed by atoms with E-state index in [0.717, 1.165) is 88.8 Å². The Kier molecular flexibility index (Phi) is 9.60. The Morgan fingerprint density at radius 3 is 2.35 bits per heavy atom. The van der Waals surface area contributed by atoms with E-state index in [1.165, 1.54) is 10.1 Å². The minimum absolute atomic E-state index is 0.221. The smallest absolute Gasteiger partial charge is 0.407 e. The molecule has 236 valence electrons. The zero-order valence-corrected chi connectivity index (χ0v) is 26.2. The number of nitrogens with one attached hydrogen (secondary N) is 2. The fraction of sp³-hybridized carbons (Fsp3) is 0.688. The number of aryl methyl sites for hydroxylation is 2. The Balaban J connectivity index is 1.03. The first-order valence-corrected chi connectivity index (χ1v) is 15.9. The van der Waals surface area contributed by atoms with Gasteiger partial charge < -0.3 is 19.9 Å². The first-order chi connectivity index (χ1) is 20.5. The van der Waals surface area contributed by atoms with Crippen molar-refractivity contribution in [2.75, 3.05) is 39.3 Å². The van der Waals surface area contributed by atoms with E-state index in [4.69, 9.17) is 4.74 Å². The lowest BCUT2D eigenvalue weighted by Crippen LogP contribution is -2.48. The summed E-state index contributed by atoms with van der Waals surface area (Å²) in [6.07, 6.45) is 6.57. The van der Waals surface area contributed by atoms with Crippen LogP contribution in [0.2, 0.25) is 0 Å². The SMILES string of the molecule is Cn1c(=O)n(C2CCC(=O)NC2=O)c2ccc(CCCN3CCN(CC4CCC(NC(=O)OC(C)(C)C)CC4)CC3)cc21. The number of fused-ring (bicyclic) bond motifs is 1. The van der Waals surface area contributed by atoms with Crippen LogP contribution in [0.25, 0.3) is 11.0 Å². The zero-order chi connectivity index (χ0) is 30.7. The van der Waals surface area contributed by atoms with Gasteiger partial charge >= 0.3 is 11.8 Å². The van der Waals surface area contributed by atoms with Gasteiger partial charge in [-0.05, 0) is 95.9 Å². The van der Waals surface area contributed by atoms with E-state index >= 15 is 0 Å². The van der Waals surface area contributed by atoms with E-state index in [1.807, 2.05) is 26.8 Å². The lowest BCUT2D eigenvalue weighted by molar-refractivity contribution is -0.135. The predicted molar refractivity (Wildman–Crippen MR) is 165 cm³/mol. The van der Waals surface area contributed by atoms with Crippen LogP contribution in [0.15, 0.2) is 23.0 Å². The molecule has 3 fully saturated rings. The zero-order valence-electron chi connectivity index (χ0n) is 26.2. The number of nitrogens with zero attached hydrogens (tertiary/aromatic N) is 4.